The fraction of sp³-hybridized carbons (Fsp3) is 0.233. The molecule has 3 aromatic carbocycles. The standard InChI is InChI=1S/C12H16NO3.3C6H5.Sn/c1-6-5-13-9(11(16-4)12(13)15)10(14)8(3)7(6)2;3*1-2-4-6-5-3-1;/h1,9-11,14H,5H2,2-4H3;3*1-5H;/t9-,10+,11+;;;;/m0..../s1. The molecule has 0 saturated carbocycles. The zero-order valence-corrected chi connectivity index (χ0v) is 23.2. The molecule has 1 saturated heterocycles. The first-order valence-electron chi connectivity index (χ1n) is 12.1. The number of rotatable bonds is 5. The van der Waals surface area contributed by atoms with Gasteiger partial charge >= 0.3 is 212 Å². The van der Waals surface area contributed by atoms with E-state index in [1.54, 1.807) is 12.0 Å². The molecule has 0 spiro atoms. The molecule has 178 valence electrons. The van der Waals surface area contributed by atoms with E-state index in [1.165, 1.54) is 10.7 Å². The zero-order valence-electron chi connectivity index (χ0n) is 20.4. The van der Waals surface area contributed by atoms with Crippen molar-refractivity contribution in [3.05, 3.63) is 112 Å². The summed E-state index contributed by atoms with van der Waals surface area (Å²) in [5, 5.41) is 11.2. The first-order chi connectivity index (χ1) is 17.0. The number of nitrogens with zero attached hydrogens (tertiary/aromatic N) is 1. The van der Waals surface area contributed by atoms with Crippen molar-refractivity contribution in [2.75, 3.05) is 13.7 Å². The Balaban J connectivity index is 1.78. The third kappa shape index (κ3) is 3.98. The monoisotopic (exact) mass is 573 g/mol. The molecule has 1 N–H and O–H groups in total. The average Bonchev–Trinajstić information content (AvgIpc) is 2.99. The van der Waals surface area contributed by atoms with Crippen molar-refractivity contribution < 1.29 is 14.6 Å². The van der Waals surface area contributed by atoms with Crippen LogP contribution in [0.3, 0.4) is 0 Å². The third-order valence-corrected chi connectivity index (χ3v) is 20.6. The van der Waals surface area contributed by atoms with Crippen LogP contribution < -0.4 is 10.7 Å². The molecule has 0 unspecified atom stereocenters. The minimum absolute atomic E-state index is 0.0510. The normalized spacial score (nSPS) is 23.7. The summed E-state index contributed by atoms with van der Waals surface area (Å²) in [6.07, 6.45) is -1.32. The van der Waals surface area contributed by atoms with Crippen LogP contribution in [0.15, 0.2) is 112 Å². The molecule has 0 bridgehead atoms. The number of amides is 1. The number of carbonyl (C=O) groups is 1. The van der Waals surface area contributed by atoms with E-state index in [-0.39, 0.29) is 11.9 Å². The fourth-order valence-electron chi connectivity index (χ4n) is 5.60. The molecule has 1 amide bonds. The first kappa shape index (κ1) is 24.0. The van der Waals surface area contributed by atoms with Crippen LogP contribution in [0.25, 0.3) is 0 Å². The van der Waals surface area contributed by atoms with E-state index in [0.29, 0.717) is 6.54 Å². The van der Waals surface area contributed by atoms with Crippen molar-refractivity contribution >= 4 is 35.0 Å². The van der Waals surface area contributed by atoms with Gasteiger partial charge in [-0.25, -0.2) is 0 Å². The van der Waals surface area contributed by atoms with Gasteiger partial charge < -0.3 is 0 Å². The second-order valence-electron chi connectivity index (χ2n) is 9.44. The topological polar surface area (TPSA) is 49.8 Å². The van der Waals surface area contributed by atoms with Gasteiger partial charge in [0.15, 0.2) is 0 Å². The van der Waals surface area contributed by atoms with Crippen LogP contribution >= 0.6 is 0 Å². The molecule has 5 rings (SSSR count). The summed E-state index contributed by atoms with van der Waals surface area (Å²) in [6.45, 7) is 4.55. The van der Waals surface area contributed by atoms with Gasteiger partial charge in [-0.1, -0.05) is 0 Å². The fourth-order valence-corrected chi connectivity index (χ4v) is 18.4. The average molecular weight is 572 g/mol. The number of β-lactam (4-membered cyclic amide) rings is 1. The summed E-state index contributed by atoms with van der Waals surface area (Å²) in [4.78, 5) is 14.7. The molecule has 0 radical (unpaired) electrons. The van der Waals surface area contributed by atoms with E-state index in [2.05, 4.69) is 102 Å². The number of hydrogen-bond donors (Lipinski definition) is 1. The Morgan fingerprint density at radius 3 is 1.74 bits per heavy atom. The van der Waals surface area contributed by atoms with Gasteiger partial charge in [0.05, 0.1) is 0 Å². The summed E-state index contributed by atoms with van der Waals surface area (Å²) in [6, 6.07) is 32.1. The number of aliphatic hydroxyl groups excluding tert-OH is 1. The Bertz CT molecular complexity index is 1170. The molecule has 0 aromatic heterocycles. The number of benzene rings is 3. The Hall–Kier alpha value is -2.67. The second kappa shape index (κ2) is 9.76. The molecule has 2 aliphatic rings. The van der Waals surface area contributed by atoms with Crippen LogP contribution in [0.4, 0.5) is 0 Å². The van der Waals surface area contributed by atoms with Crippen LogP contribution in [0.5, 0.6) is 0 Å². The summed E-state index contributed by atoms with van der Waals surface area (Å²) in [5.74, 6) is -0.0510. The second-order valence-corrected chi connectivity index (χ2v) is 19.8. The summed E-state index contributed by atoms with van der Waals surface area (Å²) in [5.41, 5.74) is 3.10. The molecule has 3 aromatic rings. The van der Waals surface area contributed by atoms with E-state index in [9.17, 15) is 9.90 Å². The van der Waals surface area contributed by atoms with Crippen LogP contribution in [-0.2, 0) is 9.53 Å². The molecule has 3 atom stereocenters. The maximum absolute atomic E-state index is 12.9. The van der Waals surface area contributed by atoms with E-state index in [4.69, 9.17) is 4.74 Å². The molecular weight excluding hydrogens is 541 g/mol. The van der Waals surface area contributed by atoms with Crippen LogP contribution in [0, 0.1) is 0 Å². The van der Waals surface area contributed by atoms with Gasteiger partial charge in [0.2, 0.25) is 0 Å². The van der Waals surface area contributed by atoms with E-state index >= 15 is 0 Å². The van der Waals surface area contributed by atoms with Crippen LogP contribution in [0.1, 0.15) is 13.8 Å². The quantitative estimate of drug-likeness (QED) is 0.378. The van der Waals surface area contributed by atoms with Crippen molar-refractivity contribution in [3.8, 4) is 0 Å². The number of fused-ring (bicyclic) bond motifs is 1. The summed E-state index contributed by atoms with van der Waals surface area (Å²) in [7, 11) is 1.54. The number of hydrogen-bond acceptors (Lipinski definition) is 3. The Morgan fingerprint density at radius 1 is 0.857 bits per heavy atom. The minimum atomic E-state index is -3.71. The van der Waals surface area contributed by atoms with Gasteiger partial charge in [0.1, 0.15) is 0 Å². The molecular formula is C30H31NO3Sn. The predicted molar refractivity (Wildman–Crippen MR) is 143 cm³/mol. The zero-order chi connectivity index (χ0) is 24.6. The molecule has 2 heterocycles. The molecule has 0 aliphatic carbocycles. The van der Waals surface area contributed by atoms with Gasteiger partial charge in [0, 0.05) is 0 Å². The third-order valence-electron chi connectivity index (χ3n) is 7.71. The van der Waals surface area contributed by atoms with Crippen molar-refractivity contribution in [1.29, 1.82) is 0 Å². The maximum atomic E-state index is 12.9. The predicted octanol–water partition coefficient (Wildman–Crippen LogP) is 2.56. The molecule has 5 heteroatoms. The summed E-state index contributed by atoms with van der Waals surface area (Å²) >= 11 is -3.71. The van der Waals surface area contributed by atoms with Crippen molar-refractivity contribution in [2.45, 2.75) is 32.1 Å². The number of methoxy groups -OCH3 is 1. The van der Waals surface area contributed by atoms with Gasteiger partial charge in [-0.3, -0.25) is 0 Å². The van der Waals surface area contributed by atoms with E-state index in [0.717, 1.165) is 16.7 Å². The van der Waals surface area contributed by atoms with E-state index in [1.807, 2.05) is 6.92 Å². The van der Waals surface area contributed by atoms with Crippen molar-refractivity contribution in [1.82, 2.24) is 4.90 Å². The van der Waals surface area contributed by atoms with Gasteiger partial charge in [-0.15, -0.1) is 0 Å². The van der Waals surface area contributed by atoms with Crippen molar-refractivity contribution in [2.24, 2.45) is 0 Å². The molecule has 1 fully saturated rings. The SMILES string of the molecule is CO[C@H]1C(=O)N2C/C(=[CH]\[Sn]([c]3ccccc3)([c]3ccccc3)[c]3ccccc3)C(C)=C(C)[C@@H](O)[C@@H]12. The van der Waals surface area contributed by atoms with Crippen LogP contribution in [0.2, 0.25) is 0 Å². The van der Waals surface area contributed by atoms with Gasteiger partial charge in [-0.2, -0.15) is 0 Å². The Labute approximate surface area is 211 Å². The Kier molecular flexibility index (Phi) is 6.71. The van der Waals surface area contributed by atoms with Crippen LogP contribution in [-0.4, -0.2) is 66.2 Å². The van der Waals surface area contributed by atoms with Gasteiger partial charge in [0.25, 0.3) is 0 Å². The van der Waals surface area contributed by atoms with Crippen molar-refractivity contribution in [3.63, 3.8) is 0 Å². The molecule has 4 nitrogen and oxygen atoms in total. The number of ether oxygens (including phenoxy) is 1. The number of aliphatic hydroxyl groups is 1. The van der Waals surface area contributed by atoms with Gasteiger partial charge in [-0.05, 0) is 0 Å². The summed E-state index contributed by atoms with van der Waals surface area (Å²) < 4.78 is 12.0. The molecule has 2 aliphatic heterocycles. The van der Waals surface area contributed by atoms with E-state index < -0.39 is 30.6 Å². The Morgan fingerprint density at radius 2 is 1.31 bits per heavy atom. The first-order valence-corrected chi connectivity index (χ1v) is 18.0. The number of carbonyl (C=O) groups excluding carboxylic acids is 1. The molecule has 35 heavy (non-hydrogen) atoms.